The highest BCUT2D eigenvalue weighted by Gasteiger charge is 2.41. The Labute approximate surface area is 178 Å². The van der Waals surface area contributed by atoms with E-state index in [0.29, 0.717) is 16.7 Å². The zero-order chi connectivity index (χ0) is 22.0. The van der Waals surface area contributed by atoms with Crippen LogP contribution < -0.4 is 11.1 Å². The molecule has 10 nitrogen and oxygen atoms in total. The molecule has 11 heteroatoms. The number of aromatic nitrogens is 1. The van der Waals surface area contributed by atoms with Crippen LogP contribution in [-0.4, -0.2) is 60.2 Å². The molecule has 0 spiro atoms. The Bertz CT molecular complexity index is 1210. The number of carbonyl (C=O) groups is 2. The van der Waals surface area contributed by atoms with E-state index in [1.165, 1.54) is 23.4 Å². The van der Waals surface area contributed by atoms with E-state index >= 15 is 0 Å². The topological polar surface area (TPSA) is 139 Å². The van der Waals surface area contributed by atoms with Gasteiger partial charge in [0.2, 0.25) is 15.9 Å². The fourth-order valence-corrected chi connectivity index (χ4v) is 5.31. The van der Waals surface area contributed by atoms with Crippen molar-refractivity contribution in [3.05, 3.63) is 60.7 Å². The predicted octanol–water partition coefficient (Wildman–Crippen LogP) is 0.898. The lowest BCUT2D eigenvalue weighted by Crippen LogP contribution is -2.61. The van der Waals surface area contributed by atoms with Gasteiger partial charge in [0, 0.05) is 31.2 Å². The molecule has 1 saturated heterocycles. The standard InChI is InChI=1S/C20H21N5O5S/c21-19(26)16-13-24(20(27)23-12-15-6-3-11-30-15)9-10-25(16)31(28,29)17-7-1-4-14-5-2-8-22-18(14)17/h1-8,11,16H,9-10,12-13H2,(H2,21,26)(H,23,27). The molecule has 0 aliphatic carbocycles. The van der Waals surface area contributed by atoms with Crippen LogP contribution in [0.25, 0.3) is 10.9 Å². The summed E-state index contributed by atoms with van der Waals surface area (Å²) in [6.45, 7) is 0.0442. The molecule has 162 valence electrons. The van der Waals surface area contributed by atoms with Crippen molar-refractivity contribution in [2.45, 2.75) is 17.5 Å². The van der Waals surface area contributed by atoms with Gasteiger partial charge < -0.3 is 20.4 Å². The molecule has 1 fully saturated rings. The number of rotatable bonds is 5. The van der Waals surface area contributed by atoms with E-state index in [4.69, 9.17) is 10.2 Å². The molecule has 4 rings (SSSR count). The first kappa shape index (κ1) is 20.8. The molecule has 1 aromatic carbocycles. The van der Waals surface area contributed by atoms with Crippen molar-refractivity contribution in [3.8, 4) is 0 Å². The van der Waals surface area contributed by atoms with Gasteiger partial charge >= 0.3 is 6.03 Å². The Kier molecular flexibility index (Phi) is 5.61. The Balaban J connectivity index is 1.56. The molecule has 31 heavy (non-hydrogen) atoms. The minimum Gasteiger partial charge on any atom is -0.467 e. The Morgan fingerprint density at radius 1 is 1.16 bits per heavy atom. The van der Waals surface area contributed by atoms with Crippen molar-refractivity contribution >= 4 is 32.9 Å². The third-order valence-electron chi connectivity index (χ3n) is 5.12. The Morgan fingerprint density at radius 2 is 1.97 bits per heavy atom. The number of hydrogen-bond acceptors (Lipinski definition) is 6. The zero-order valence-electron chi connectivity index (χ0n) is 16.5. The van der Waals surface area contributed by atoms with E-state index in [0.717, 1.165) is 4.31 Å². The molecular formula is C20H21N5O5S. The number of piperazine rings is 1. The number of nitrogens with two attached hydrogens (primary N) is 1. The number of fused-ring (bicyclic) bond motifs is 1. The third-order valence-corrected chi connectivity index (χ3v) is 7.06. The smallest absolute Gasteiger partial charge is 0.317 e. The first-order valence-corrected chi connectivity index (χ1v) is 11.0. The molecule has 3 heterocycles. The van der Waals surface area contributed by atoms with Gasteiger partial charge in [0.25, 0.3) is 0 Å². The molecule has 1 aliphatic rings. The first-order valence-electron chi connectivity index (χ1n) is 9.58. The van der Waals surface area contributed by atoms with E-state index in [2.05, 4.69) is 10.3 Å². The maximum Gasteiger partial charge on any atom is 0.317 e. The highest BCUT2D eigenvalue weighted by molar-refractivity contribution is 7.89. The first-order chi connectivity index (χ1) is 14.9. The second-order valence-electron chi connectivity index (χ2n) is 7.05. The second-order valence-corrected chi connectivity index (χ2v) is 8.91. The summed E-state index contributed by atoms with van der Waals surface area (Å²) in [7, 11) is -4.08. The van der Waals surface area contributed by atoms with E-state index in [1.54, 1.807) is 36.4 Å². The summed E-state index contributed by atoms with van der Waals surface area (Å²) in [5.74, 6) is -0.259. The van der Waals surface area contributed by atoms with E-state index in [9.17, 15) is 18.0 Å². The lowest BCUT2D eigenvalue weighted by molar-refractivity contribution is -0.122. The van der Waals surface area contributed by atoms with Gasteiger partial charge in [0.05, 0.1) is 18.3 Å². The molecule has 3 aromatic rings. The molecule has 0 radical (unpaired) electrons. The predicted molar refractivity (Wildman–Crippen MR) is 111 cm³/mol. The van der Waals surface area contributed by atoms with Gasteiger partial charge in [0.15, 0.2) is 0 Å². The van der Waals surface area contributed by atoms with Crippen LogP contribution in [0.4, 0.5) is 4.79 Å². The van der Waals surface area contributed by atoms with Gasteiger partial charge in [-0.3, -0.25) is 9.78 Å². The summed E-state index contributed by atoms with van der Waals surface area (Å²) in [6.07, 6.45) is 3.00. The molecule has 3 N–H and O–H groups in total. The number of pyridine rings is 1. The Morgan fingerprint density at radius 3 is 2.71 bits per heavy atom. The summed E-state index contributed by atoms with van der Waals surface area (Å²) in [6, 6.07) is 10.1. The monoisotopic (exact) mass is 443 g/mol. The van der Waals surface area contributed by atoms with E-state index in [-0.39, 0.29) is 31.1 Å². The van der Waals surface area contributed by atoms with Crippen LogP contribution >= 0.6 is 0 Å². The number of amides is 3. The molecular weight excluding hydrogens is 422 g/mol. The SMILES string of the molecule is NC(=O)C1CN(C(=O)NCc2ccco2)CCN1S(=O)(=O)c1cccc2cccnc12. The van der Waals surface area contributed by atoms with Gasteiger partial charge in [-0.25, -0.2) is 13.2 Å². The lowest BCUT2D eigenvalue weighted by atomic mass is 10.2. The molecule has 1 unspecified atom stereocenters. The van der Waals surface area contributed by atoms with Crippen molar-refractivity contribution in [2.24, 2.45) is 5.73 Å². The van der Waals surface area contributed by atoms with Crippen molar-refractivity contribution in [2.75, 3.05) is 19.6 Å². The van der Waals surface area contributed by atoms with Crippen LogP contribution in [-0.2, 0) is 21.4 Å². The van der Waals surface area contributed by atoms with Gasteiger partial charge in [-0.2, -0.15) is 4.31 Å². The van der Waals surface area contributed by atoms with Gasteiger partial charge in [-0.1, -0.05) is 18.2 Å². The largest absolute Gasteiger partial charge is 0.467 e. The number of benzene rings is 1. The molecule has 0 saturated carbocycles. The third kappa shape index (κ3) is 4.09. The van der Waals surface area contributed by atoms with Crippen LogP contribution in [0.5, 0.6) is 0 Å². The molecule has 2 aromatic heterocycles. The van der Waals surface area contributed by atoms with E-state index in [1.807, 2.05) is 0 Å². The number of hydrogen-bond donors (Lipinski definition) is 2. The highest BCUT2D eigenvalue weighted by atomic mass is 32.2. The van der Waals surface area contributed by atoms with Crippen LogP contribution in [0, 0.1) is 0 Å². The van der Waals surface area contributed by atoms with Gasteiger partial charge in [-0.05, 0) is 24.3 Å². The van der Waals surface area contributed by atoms with Crippen LogP contribution in [0.3, 0.4) is 0 Å². The number of nitrogens with one attached hydrogen (secondary N) is 1. The maximum absolute atomic E-state index is 13.4. The fourth-order valence-electron chi connectivity index (χ4n) is 3.57. The maximum atomic E-state index is 13.4. The van der Waals surface area contributed by atoms with Crippen molar-refractivity contribution in [1.29, 1.82) is 0 Å². The van der Waals surface area contributed by atoms with Crippen LogP contribution in [0.15, 0.2) is 64.2 Å². The summed E-state index contributed by atoms with van der Waals surface area (Å²) in [5.41, 5.74) is 5.84. The fraction of sp³-hybridized carbons (Fsp3) is 0.250. The number of carbonyl (C=O) groups excluding carboxylic acids is 2. The number of nitrogens with zero attached hydrogens (tertiary/aromatic N) is 3. The summed E-state index contributed by atoms with van der Waals surface area (Å²) >= 11 is 0. The van der Waals surface area contributed by atoms with Crippen molar-refractivity contribution in [3.63, 3.8) is 0 Å². The highest BCUT2D eigenvalue weighted by Crippen LogP contribution is 2.27. The van der Waals surface area contributed by atoms with E-state index < -0.39 is 28.0 Å². The molecule has 1 atom stereocenters. The zero-order valence-corrected chi connectivity index (χ0v) is 17.3. The van der Waals surface area contributed by atoms with Gasteiger partial charge in [-0.15, -0.1) is 0 Å². The molecule has 0 bridgehead atoms. The van der Waals surface area contributed by atoms with Crippen molar-refractivity contribution < 1.29 is 22.4 Å². The summed E-state index contributed by atoms with van der Waals surface area (Å²) < 4.78 is 33.1. The normalized spacial score (nSPS) is 17.5. The van der Waals surface area contributed by atoms with Crippen LogP contribution in [0.1, 0.15) is 5.76 Å². The average molecular weight is 443 g/mol. The molecule has 1 aliphatic heterocycles. The summed E-state index contributed by atoms with van der Waals surface area (Å²) in [5, 5.41) is 3.35. The number of urea groups is 1. The Hall–Kier alpha value is -3.44. The number of furan rings is 1. The lowest BCUT2D eigenvalue weighted by Gasteiger charge is -2.38. The minimum absolute atomic E-state index is 0.00688. The molecule has 3 amide bonds. The van der Waals surface area contributed by atoms with Crippen LogP contribution in [0.2, 0.25) is 0 Å². The average Bonchev–Trinajstić information content (AvgIpc) is 3.30. The minimum atomic E-state index is -4.08. The summed E-state index contributed by atoms with van der Waals surface area (Å²) in [4.78, 5) is 30.2. The number of primary amides is 1. The quantitative estimate of drug-likeness (QED) is 0.601. The second kappa shape index (κ2) is 8.36. The number of sulfonamides is 1. The number of para-hydroxylation sites is 1. The van der Waals surface area contributed by atoms with Gasteiger partial charge in [0.1, 0.15) is 16.7 Å². The van der Waals surface area contributed by atoms with Crippen molar-refractivity contribution in [1.82, 2.24) is 19.5 Å².